The van der Waals surface area contributed by atoms with Crippen molar-refractivity contribution in [2.75, 3.05) is 13.2 Å². The molecule has 8 nitrogen and oxygen atoms in total. The van der Waals surface area contributed by atoms with Crippen molar-refractivity contribution in [1.29, 1.82) is 0 Å². The number of aromatic nitrogens is 2. The highest BCUT2D eigenvalue weighted by atomic mass is 32.2. The quantitative estimate of drug-likeness (QED) is 0.0947. The number of fused-ring (bicyclic) bond motifs is 1. The molecule has 1 fully saturated rings. The van der Waals surface area contributed by atoms with Crippen molar-refractivity contribution in [1.82, 2.24) is 14.6 Å². The van der Waals surface area contributed by atoms with E-state index in [2.05, 4.69) is 16.8 Å². The molecule has 9 heteroatoms. The summed E-state index contributed by atoms with van der Waals surface area (Å²) in [7, 11) is 0. The number of likely N-dealkylation sites (tertiary alicyclic amines) is 1. The van der Waals surface area contributed by atoms with Crippen LogP contribution in [-0.2, 0) is 26.8 Å². The van der Waals surface area contributed by atoms with Crippen LogP contribution in [0, 0.1) is 11.8 Å². The summed E-state index contributed by atoms with van der Waals surface area (Å²) in [5.74, 6) is 6.50. The van der Waals surface area contributed by atoms with Crippen LogP contribution in [0.15, 0.2) is 84.1 Å². The first kappa shape index (κ1) is 29.5. The van der Waals surface area contributed by atoms with Crippen molar-refractivity contribution < 1.29 is 23.6 Å². The maximum Gasteiger partial charge on any atom is 0.410 e. The Morgan fingerprint density at radius 3 is 2.79 bits per heavy atom. The molecule has 1 aliphatic rings. The van der Waals surface area contributed by atoms with Crippen LogP contribution < -0.4 is 4.99 Å². The van der Waals surface area contributed by atoms with Gasteiger partial charge in [0.25, 0.3) is 0 Å². The van der Waals surface area contributed by atoms with Crippen molar-refractivity contribution in [2.24, 2.45) is 0 Å². The van der Waals surface area contributed by atoms with Crippen molar-refractivity contribution in [3.8, 4) is 11.8 Å². The van der Waals surface area contributed by atoms with E-state index in [-0.39, 0.29) is 12.1 Å². The normalized spacial score (nSPS) is 14.9. The number of carbonyl (C=O) groups is 1. The summed E-state index contributed by atoms with van der Waals surface area (Å²) in [6, 6.07) is 19.8. The van der Waals surface area contributed by atoms with Gasteiger partial charge in [0.05, 0.1) is 36.8 Å². The molecule has 2 aromatic heterocycles. The van der Waals surface area contributed by atoms with E-state index in [0.717, 1.165) is 57.4 Å². The van der Waals surface area contributed by atoms with E-state index in [1.165, 1.54) is 0 Å². The molecule has 0 aliphatic carbocycles. The lowest BCUT2D eigenvalue weighted by molar-refractivity contribution is -0.188. The highest BCUT2D eigenvalue weighted by Gasteiger charge is 2.32. The van der Waals surface area contributed by atoms with Crippen LogP contribution in [0.5, 0.6) is 0 Å². The van der Waals surface area contributed by atoms with Gasteiger partial charge in [-0.2, -0.15) is 4.73 Å². The van der Waals surface area contributed by atoms with Gasteiger partial charge in [-0.1, -0.05) is 52.6 Å². The van der Waals surface area contributed by atoms with E-state index in [1.807, 2.05) is 87.6 Å². The largest absolute Gasteiger partial charge is 0.444 e. The van der Waals surface area contributed by atoms with Gasteiger partial charge >= 0.3 is 6.09 Å². The first-order valence-electron chi connectivity index (χ1n) is 14.0. The Morgan fingerprint density at radius 2 is 1.95 bits per heavy atom. The molecule has 0 bridgehead atoms. The van der Waals surface area contributed by atoms with Crippen molar-refractivity contribution >= 4 is 29.0 Å². The smallest absolute Gasteiger partial charge is 0.410 e. The Hall–Kier alpha value is -3.97. The number of ether oxygens (including phenoxy) is 2. The number of carbonyl (C=O) groups excluding carboxylic acids is 1. The van der Waals surface area contributed by atoms with Crippen molar-refractivity contribution in [2.45, 2.75) is 63.2 Å². The second-order valence-corrected chi connectivity index (χ2v) is 11.9. The van der Waals surface area contributed by atoms with E-state index in [9.17, 15) is 4.79 Å². The fourth-order valence-electron chi connectivity index (χ4n) is 4.76. The van der Waals surface area contributed by atoms with Crippen LogP contribution in [0.4, 0.5) is 4.79 Å². The molecule has 1 saturated heterocycles. The zero-order valence-corrected chi connectivity index (χ0v) is 24.9. The molecule has 0 saturated carbocycles. The van der Waals surface area contributed by atoms with Gasteiger partial charge < -0.3 is 14.4 Å². The summed E-state index contributed by atoms with van der Waals surface area (Å²) in [5, 5.41) is 1.04. The highest BCUT2D eigenvalue weighted by Crippen LogP contribution is 2.23. The summed E-state index contributed by atoms with van der Waals surface area (Å²) >= 11 is 1.15. The predicted octanol–water partition coefficient (Wildman–Crippen LogP) is 6.61. The van der Waals surface area contributed by atoms with Gasteiger partial charge in [-0.3, -0.25) is 4.98 Å². The summed E-state index contributed by atoms with van der Waals surface area (Å²) in [6.45, 7) is 7.18. The number of para-hydroxylation sites is 1. The number of hydrogen-bond acceptors (Lipinski definition) is 7. The number of rotatable bonds is 9. The summed E-state index contributed by atoms with van der Waals surface area (Å²) in [5.41, 5.74) is 3.17. The number of hydrogen-bond donors (Lipinski definition) is 0. The monoisotopic (exact) mass is 585 g/mol. The first-order chi connectivity index (χ1) is 20.4. The van der Waals surface area contributed by atoms with Crippen LogP contribution in [0.1, 0.15) is 50.3 Å². The molecule has 218 valence electrons. The second-order valence-electron chi connectivity index (χ2n) is 11.1. The maximum atomic E-state index is 12.5. The van der Waals surface area contributed by atoms with Crippen LogP contribution in [0.2, 0.25) is 0 Å². The van der Waals surface area contributed by atoms with E-state index in [1.54, 1.807) is 22.0 Å². The van der Waals surface area contributed by atoms with E-state index in [4.69, 9.17) is 18.8 Å². The summed E-state index contributed by atoms with van der Waals surface area (Å²) in [4.78, 5) is 25.2. The molecule has 0 N–H and O–H groups in total. The summed E-state index contributed by atoms with van der Waals surface area (Å²) < 4.78 is 18.6. The summed E-state index contributed by atoms with van der Waals surface area (Å²) in [6.07, 6.45) is 7.47. The predicted molar refractivity (Wildman–Crippen MR) is 162 cm³/mol. The van der Waals surface area contributed by atoms with E-state index >= 15 is 0 Å². The van der Waals surface area contributed by atoms with Crippen molar-refractivity contribution in [3.05, 3.63) is 95.9 Å². The van der Waals surface area contributed by atoms with Gasteiger partial charge in [-0.15, -0.1) is 0 Å². The minimum absolute atomic E-state index is 0.0174. The van der Waals surface area contributed by atoms with Crippen LogP contribution in [-0.4, -0.2) is 45.5 Å². The molecular formula is C33H35N3O5S. The number of nitrogens with zero attached hydrogens (tertiary/aromatic N) is 3. The molecule has 2 aromatic carbocycles. The van der Waals surface area contributed by atoms with Crippen LogP contribution in [0.25, 0.3) is 10.9 Å². The molecular weight excluding hydrogens is 550 g/mol. The standard InChI is InChI=1S/C33H35N3O5S/c1-33(2,3)39-32(37)35-18-9-14-29(35)24-38-23-26-20-25(21-34-22-26)10-7-11-27-12-8-13-28-17-19-36(31(27)28)40-41-42-30-15-5-4-6-16-30/h4-6,8,12-13,15-17,19-22,29H,9,11,14,18,23-24H2,1-3H3. The Balaban J connectivity index is 1.16. The highest BCUT2D eigenvalue weighted by molar-refractivity contribution is 7.94. The molecule has 0 spiro atoms. The second kappa shape index (κ2) is 13.8. The molecule has 0 radical (unpaired) electrons. The maximum absolute atomic E-state index is 12.5. The van der Waals surface area contributed by atoms with Gasteiger partial charge in [0, 0.05) is 47.4 Å². The van der Waals surface area contributed by atoms with E-state index in [0.29, 0.717) is 26.2 Å². The SMILES string of the molecule is CC(C)(C)OC(=O)N1CCCC1COCc1cncc(C#CCc2cccc3ccn(OOSc4ccccc4)c23)c1. The van der Waals surface area contributed by atoms with E-state index < -0.39 is 5.60 Å². The fourth-order valence-corrected chi connectivity index (χ4v) is 5.21. The van der Waals surface area contributed by atoms with Crippen molar-refractivity contribution in [3.63, 3.8) is 0 Å². The molecule has 1 aliphatic heterocycles. The Labute approximate surface area is 251 Å². The molecule has 3 heterocycles. The van der Waals surface area contributed by atoms with Gasteiger partial charge in [0.2, 0.25) is 0 Å². The zero-order valence-electron chi connectivity index (χ0n) is 24.1. The topological polar surface area (TPSA) is 75.0 Å². The molecule has 1 amide bonds. The third-order valence-corrected chi connectivity index (χ3v) is 7.23. The molecule has 5 rings (SSSR count). The van der Waals surface area contributed by atoms with Crippen LogP contribution in [0.3, 0.4) is 0 Å². The average molecular weight is 586 g/mol. The third kappa shape index (κ3) is 8.07. The lowest BCUT2D eigenvalue weighted by atomic mass is 10.1. The van der Waals surface area contributed by atoms with Gasteiger partial charge in [0.1, 0.15) is 5.60 Å². The fraction of sp³-hybridized carbons (Fsp3) is 0.333. The minimum Gasteiger partial charge on any atom is -0.444 e. The minimum atomic E-state index is -0.515. The number of pyridine rings is 1. The number of benzene rings is 2. The van der Waals surface area contributed by atoms with Gasteiger partial charge in [0.15, 0.2) is 0 Å². The first-order valence-corrected chi connectivity index (χ1v) is 14.8. The zero-order chi connectivity index (χ0) is 29.4. The molecule has 42 heavy (non-hydrogen) atoms. The molecule has 4 aromatic rings. The van der Waals surface area contributed by atoms with Gasteiger partial charge in [-0.05, 0) is 69.0 Å². The van der Waals surface area contributed by atoms with Crippen LogP contribution >= 0.6 is 12.0 Å². The Morgan fingerprint density at radius 1 is 1.10 bits per heavy atom. The lowest BCUT2D eigenvalue weighted by Crippen LogP contribution is -2.41. The molecule has 1 atom stereocenters. The Bertz CT molecular complexity index is 1550. The molecule has 1 unspecified atom stereocenters. The Kier molecular flexibility index (Phi) is 9.70. The van der Waals surface area contributed by atoms with Gasteiger partial charge in [-0.25, -0.2) is 9.78 Å². The number of amides is 1. The lowest BCUT2D eigenvalue weighted by Gasteiger charge is -2.28. The third-order valence-electron chi connectivity index (χ3n) is 6.64. The average Bonchev–Trinajstić information content (AvgIpc) is 3.61.